The molecule has 1 amide bonds. The van der Waals surface area contributed by atoms with E-state index < -0.39 is 32.2 Å². The molecule has 2 rings (SSSR count). The molecule has 11 heteroatoms. The average Bonchev–Trinajstić information content (AvgIpc) is 2.66. The monoisotopic (exact) mass is 477 g/mol. The molecule has 1 heterocycles. The molecule has 1 aromatic carbocycles. The summed E-state index contributed by atoms with van der Waals surface area (Å²) in [6.45, 7) is 9.71. The van der Waals surface area contributed by atoms with E-state index in [4.69, 9.17) is 4.84 Å². The van der Waals surface area contributed by atoms with Gasteiger partial charge >= 0.3 is 6.18 Å². The Kier molecular flexibility index (Phi) is 7.66. The molecule has 7 nitrogen and oxygen atoms in total. The van der Waals surface area contributed by atoms with Gasteiger partial charge in [0.05, 0.1) is 16.2 Å². The lowest BCUT2D eigenvalue weighted by atomic mass is 9.76. The van der Waals surface area contributed by atoms with E-state index in [0.29, 0.717) is 11.8 Å². The highest BCUT2D eigenvalue weighted by Crippen LogP contribution is 2.32. The Labute approximate surface area is 187 Å². The third kappa shape index (κ3) is 6.44. The first kappa shape index (κ1) is 26.1. The number of benzene rings is 1. The zero-order chi connectivity index (χ0) is 24.4. The minimum absolute atomic E-state index is 0.0595. The van der Waals surface area contributed by atoms with Crippen molar-refractivity contribution < 1.29 is 31.2 Å². The largest absolute Gasteiger partial charge is 0.416 e. The van der Waals surface area contributed by atoms with Crippen LogP contribution in [0.15, 0.2) is 34.3 Å². The summed E-state index contributed by atoms with van der Waals surface area (Å²) < 4.78 is 65.3. The Balaban J connectivity index is 1.93. The minimum Gasteiger partial charge on any atom is -0.386 e. The summed E-state index contributed by atoms with van der Waals surface area (Å²) in [5.41, 5.74) is -1.04. The number of hydrogen-bond donors (Lipinski definition) is 1. The highest BCUT2D eigenvalue weighted by atomic mass is 32.2. The van der Waals surface area contributed by atoms with Crippen molar-refractivity contribution in [2.75, 3.05) is 19.7 Å². The number of nitrogens with zero attached hydrogens (tertiary/aromatic N) is 2. The maximum absolute atomic E-state index is 12.9. The van der Waals surface area contributed by atoms with Crippen LogP contribution in [-0.2, 0) is 25.8 Å². The molecule has 0 aromatic heterocycles. The summed E-state index contributed by atoms with van der Waals surface area (Å²) in [6, 6.07) is 3.69. The lowest BCUT2D eigenvalue weighted by molar-refractivity contribution is -0.137. The number of halogens is 3. The molecule has 32 heavy (non-hydrogen) atoms. The molecule has 1 aliphatic heterocycles. The van der Waals surface area contributed by atoms with Crippen LogP contribution in [0.25, 0.3) is 0 Å². The quantitative estimate of drug-likeness (QED) is 0.632. The molecule has 0 spiro atoms. The van der Waals surface area contributed by atoms with Crippen LogP contribution in [0, 0.1) is 5.41 Å². The summed E-state index contributed by atoms with van der Waals surface area (Å²) in [5, 5.41) is 6.83. The molecule has 0 aliphatic carbocycles. The number of amides is 1. The van der Waals surface area contributed by atoms with Crippen LogP contribution in [0.1, 0.15) is 53.0 Å². The Morgan fingerprint density at radius 1 is 1.12 bits per heavy atom. The summed E-state index contributed by atoms with van der Waals surface area (Å²) >= 11 is 0. The van der Waals surface area contributed by atoms with Crippen LogP contribution in [0.2, 0.25) is 0 Å². The van der Waals surface area contributed by atoms with E-state index in [1.165, 1.54) is 0 Å². The van der Waals surface area contributed by atoms with Crippen molar-refractivity contribution in [1.29, 1.82) is 0 Å². The van der Waals surface area contributed by atoms with Gasteiger partial charge in [0.25, 0.3) is 5.91 Å². The van der Waals surface area contributed by atoms with E-state index in [1.54, 1.807) is 0 Å². The van der Waals surface area contributed by atoms with E-state index in [0.717, 1.165) is 22.5 Å². The van der Waals surface area contributed by atoms with Crippen LogP contribution >= 0.6 is 0 Å². The van der Waals surface area contributed by atoms with Gasteiger partial charge in [-0.15, -0.1) is 0 Å². The first-order valence-electron chi connectivity index (χ1n) is 10.2. The maximum Gasteiger partial charge on any atom is 0.416 e. The molecule has 0 radical (unpaired) electrons. The number of oxime groups is 1. The third-order valence-electron chi connectivity index (χ3n) is 5.81. The Morgan fingerprint density at radius 3 is 2.25 bits per heavy atom. The normalized spacial score (nSPS) is 16.6. The minimum atomic E-state index is -4.63. The first-order chi connectivity index (χ1) is 14.5. The molecule has 1 N–H and O–H groups in total. The molecular formula is C21H30F3N3O4S. The van der Waals surface area contributed by atoms with Gasteiger partial charge in [-0.2, -0.15) is 17.5 Å². The lowest BCUT2D eigenvalue weighted by Gasteiger charge is -2.39. The zero-order valence-corrected chi connectivity index (χ0v) is 19.7. The molecule has 0 bridgehead atoms. The predicted molar refractivity (Wildman–Crippen MR) is 115 cm³/mol. The molecule has 0 saturated carbocycles. The van der Waals surface area contributed by atoms with Crippen molar-refractivity contribution in [3.05, 3.63) is 29.8 Å². The first-order valence-corrected chi connectivity index (χ1v) is 11.6. The number of hydrogen-bond acceptors (Lipinski definition) is 5. The number of rotatable bonds is 6. The van der Waals surface area contributed by atoms with Gasteiger partial charge in [-0.25, -0.2) is 8.42 Å². The van der Waals surface area contributed by atoms with E-state index >= 15 is 0 Å². The second kappa shape index (κ2) is 9.38. The van der Waals surface area contributed by atoms with Crippen molar-refractivity contribution in [3.8, 4) is 0 Å². The van der Waals surface area contributed by atoms with Crippen LogP contribution < -0.4 is 5.32 Å². The van der Waals surface area contributed by atoms with Crippen LogP contribution in [0.4, 0.5) is 13.2 Å². The topological polar surface area (TPSA) is 88.1 Å². The van der Waals surface area contributed by atoms with Crippen molar-refractivity contribution in [2.45, 2.75) is 64.1 Å². The van der Waals surface area contributed by atoms with Crippen molar-refractivity contribution in [1.82, 2.24) is 9.62 Å². The second-order valence-electron chi connectivity index (χ2n) is 9.28. The highest BCUT2D eigenvalue weighted by molar-refractivity contribution is 7.89. The van der Waals surface area contributed by atoms with Gasteiger partial charge in [0.2, 0.25) is 10.0 Å². The van der Waals surface area contributed by atoms with Crippen molar-refractivity contribution in [2.24, 2.45) is 10.6 Å². The predicted octanol–water partition coefficient (Wildman–Crippen LogP) is 3.80. The van der Waals surface area contributed by atoms with E-state index in [1.807, 2.05) is 34.6 Å². The standard InChI is InChI=1S/C21H30F3N3O4S/c1-19(2,3)20(4,5)25-18(28)14-31-26-16-9-11-27(12-10-16)32(29,30)17-8-6-7-15(13-17)21(22,23)24/h6-8,13H,9-12,14H2,1-5H3,(H,25,28). The molecular weight excluding hydrogens is 447 g/mol. The fourth-order valence-corrected chi connectivity index (χ4v) is 4.30. The summed E-state index contributed by atoms with van der Waals surface area (Å²) in [5.74, 6) is -0.321. The maximum atomic E-state index is 12.9. The second-order valence-corrected chi connectivity index (χ2v) is 11.2. The third-order valence-corrected chi connectivity index (χ3v) is 7.71. The van der Waals surface area contributed by atoms with Gasteiger partial charge in [0.15, 0.2) is 6.61 Å². The fraction of sp³-hybridized carbons (Fsp3) is 0.619. The number of alkyl halides is 3. The lowest BCUT2D eigenvalue weighted by Crippen LogP contribution is -2.53. The van der Waals surface area contributed by atoms with Crippen LogP contribution in [0.3, 0.4) is 0 Å². The average molecular weight is 478 g/mol. The number of piperidine rings is 1. The Morgan fingerprint density at radius 2 is 1.72 bits per heavy atom. The van der Waals surface area contributed by atoms with E-state index in [9.17, 15) is 26.4 Å². The number of carbonyl (C=O) groups is 1. The summed E-state index contributed by atoms with van der Waals surface area (Å²) in [6.07, 6.45) is -4.11. The van der Waals surface area contributed by atoms with Crippen molar-refractivity contribution >= 4 is 21.6 Å². The molecule has 1 aromatic rings. The van der Waals surface area contributed by atoms with Gasteiger partial charge < -0.3 is 10.2 Å². The van der Waals surface area contributed by atoms with Crippen LogP contribution in [0.5, 0.6) is 0 Å². The summed E-state index contributed by atoms with van der Waals surface area (Å²) in [7, 11) is -4.06. The zero-order valence-electron chi connectivity index (χ0n) is 18.9. The SMILES string of the molecule is CC(C)(C)C(C)(C)NC(=O)CON=C1CCN(S(=O)(=O)c2cccc(C(F)(F)F)c2)CC1. The number of nitrogens with one attached hydrogen (secondary N) is 1. The van der Waals surface area contributed by atoms with Gasteiger partial charge in [0.1, 0.15) is 0 Å². The van der Waals surface area contributed by atoms with Gasteiger partial charge in [0, 0.05) is 31.5 Å². The van der Waals surface area contributed by atoms with Gasteiger partial charge in [-0.3, -0.25) is 4.79 Å². The van der Waals surface area contributed by atoms with E-state index in [2.05, 4.69) is 10.5 Å². The Hall–Kier alpha value is -2.14. The molecule has 0 unspecified atom stereocenters. The fourth-order valence-electron chi connectivity index (χ4n) is 2.81. The molecule has 1 fully saturated rings. The Bertz CT molecular complexity index is 957. The molecule has 1 saturated heterocycles. The molecule has 180 valence electrons. The molecule has 1 aliphatic rings. The van der Waals surface area contributed by atoms with E-state index in [-0.39, 0.29) is 43.9 Å². The number of carbonyl (C=O) groups excluding carboxylic acids is 1. The van der Waals surface area contributed by atoms with Crippen molar-refractivity contribution in [3.63, 3.8) is 0 Å². The highest BCUT2D eigenvalue weighted by Gasteiger charge is 2.35. The van der Waals surface area contributed by atoms with Crippen LogP contribution in [-0.4, -0.2) is 49.6 Å². The number of sulfonamides is 1. The molecule has 0 atom stereocenters. The van der Waals surface area contributed by atoms with Gasteiger partial charge in [-0.05, 0) is 37.5 Å². The van der Waals surface area contributed by atoms with Gasteiger partial charge in [-0.1, -0.05) is 32.0 Å². The smallest absolute Gasteiger partial charge is 0.386 e. The summed E-state index contributed by atoms with van der Waals surface area (Å²) in [4.78, 5) is 16.8.